The van der Waals surface area contributed by atoms with Crippen LogP contribution in [0, 0.1) is 0 Å². The summed E-state index contributed by atoms with van der Waals surface area (Å²) in [5.74, 6) is -0.630. The Hall–Kier alpha value is 0.01000. The van der Waals surface area contributed by atoms with Crippen LogP contribution in [0.15, 0.2) is 0 Å². The smallest absolute Gasteiger partial charge is 0.342 e. The van der Waals surface area contributed by atoms with Gasteiger partial charge in [0.1, 0.15) is 0 Å². The van der Waals surface area contributed by atoms with Crippen molar-refractivity contribution in [1.82, 2.24) is 0 Å². The minimum Gasteiger partial charge on any atom is -0.463 e. The minimum atomic E-state index is -1.45. The molecule has 5 heteroatoms. The Morgan fingerprint density at radius 3 is 2.55 bits per heavy atom. The van der Waals surface area contributed by atoms with Gasteiger partial charge in [0, 0.05) is 0 Å². The zero-order valence-electron chi connectivity index (χ0n) is 6.27. The van der Waals surface area contributed by atoms with E-state index in [1.165, 1.54) is 6.92 Å². The summed E-state index contributed by atoms with van der Waals surface area (Å²) in [6.07, 6.45) is 0.621. The second-order valence-electron chi connectivity index (χ2n) is 2.17. The fraction of sp³-hybridized carbons (Fsp3) is 0.833. The topological polar surface area (TPSA) is 52.3 Å². The van der Waals surface area contributed by atoms with Gasteiger partial charge >= 0.3 is 5.97 Å². The van der Waals surface area contributed by atoms with E-state index in [0.717, 1.165) is 0 Å². The number of ether oxygens (including phenoxy) is 1. The first-order chi connectivity index (χ1) is 4.98. The summed E-state index contributed by atoms with van der Waals surface area (Å²) in [5.41, 5.74) is 5.17. The maximum atomic E-state index is 10.8. The zero-order valence-corrected chi connectivity index (χ0v) is 7.78. The number of halogens is 2. The van der Waals surface area contributed by atoms with Crippen molar-refractivity contribution in [3.8, 4) is 0 Å². The van der Waals surface area contributed by atoms with Crippen LogP contribution in [0.5, 0.6) is 0 Å². The predicted molar refractivity (Wildman–Crippen MR) is 44.7 cm³/mol. The molecular weight excluding hydrogens is 189 g/mol. The molecule has 0 bridgehead atoms. The molecule has 0 heterocycles. The molecule has 0 atom stereocenters. The van der Waals surface area contributed by atoms with Gasteiger partial charge in [0.15, 0.2) is 0 Å². The van der Waals surface area contributed by atoms with Gasteiger partial charge in [-0.15, -0.1) is 0 Å². The number of alkyl halides is 2. The van der Waals surface area contributed by atoms with Gasteiger partial charge in [-0.25, -0.2) is 4.79 Å². The molecule has 3 nitrogen and oxygen atoms in total. The second kappa shape index (κ2) is 4.80. The van der Waals surface area contributed by atoms with Crippen LogP contribution in [0.25, 0.3) is 0 Å². The van der Waals surface area contributed by atoms with Crippen molar-refractivity contribution in [2.75, 3.05) is 13.2 Å². The minimum absolute atomic E-state index is 0.268. The van der Waals surface area contributed by atoms with Gasteiger partial charge in [0.05, 0.1) is 6.61 Å². The first kappa shape index (κ1) is 11.0. The van der Waals surface area contributed by atoms with E-state index in [2.05, 4.69) is 4.74 Å². The molecule has 0 aliphatic heterocycles. The van der Waals surface area contributed by atoms with Gasteiger partial charge in [-0.2, -0.15) is 0 Å². The SMILES string of the molecule is CC(Cl)(Cl)C(=O)OCCCN. The van der Waals surface area contributed by atoms with E-state index in [9.17, 15) is 4.79 Å². The van der Waals surface area contributed by atoms with Crippen LogP contribution in [-0.2, 0) is 9.53 Å². The lowest BCUT2D eigenvalue weighted by molar-refractivity contribution is -0.144. The molecule has 0 saturated carbocycles. The lowest BCUT2D eigenvalue weighted by Crippen LogP contribution is -2.25. The third kappa shape index (κ3) is 5.30. The largest absolute Gasteiger partial charge is 0.463 e. The molecule has 0 aliphatic rings. The first-order valence-electron chi connectivity index (χ1n) is 3.23. The number of hydrogen-bond donors (Lipinski definition) is 1. The normalized spacial score (nSPS) is 11.3. The van der Waals surface area contributed by atoms with Gasteiger partial charge < -0.3 is 10.5 Å². The van der Waals surface area contributed by atoms with Crippen molar-refractivity contribution >= 4 is 29.2 Å². The van der Waals surface area contributed by atoms with Crippen LogP contribution in [0.4, 0.5) is 0 Å². The lowest BCUT2D eigenvalue weighted by Gasteiger charge is -2.11. The Kier molecular flexibility index (Phi) is 4.81. The van der Waals surface area contributed by atoms with Crippen molar-refractivity contribution in [3.05, 3.63) is 0 Å². The second-order valence-corrected chi connectivity index (χ2v) is 3.87. The molecule has 0 amide bonds. The van der Waals surface area contributed by atoms with Crippen LogP contribution in [0.3, 0.4) is 0 Å². The molecule has 0 spiro atoms. The molecule has 0 aromatic carbocycles. The fourth-order valence-electron chi connectivity index (χ4n) is 0.375. The molecule has 0 saturated heterocycles. The number of carbonyl (C=O) groups is 1. The average Bonchev–Trinajstić information content (AvgIpc) is 1.86. The quantitative estimate of drug-likeness (QED) is 0.419. The summed E-state index contributed by atoms with van der Waals surface area (Å²) in [6.45, 7) is 2.11. The van der Waals surface area contributed by atoms with Gasteiger partial charge in [-0.3, -0.25) is 0 Å². The summed E-state index contributed by atoms with van der Waals surface area (Å²) in [4.78, 5) is 10.8. The number of esters is 1. The maximum absolute atomic E-state index is 10.8. The third-order valence-corrected chi connectivity index (χ3v) is 1.25. The highest BCUT2D eigenvalue weighted by molar-refractivity contribution is 6.57. The summed E-state index contributed by atoms with van der Waals surface area (Å²) in [5, 5.41) is 0. The molecule has 0 aromatic rings. The van der Waals surface area contributed by atoms with Crippen molar-refractivity contribution in [1.29, 1.82) is 0 Å². The number of hydrogen-bond acceptors (Lipinski definition) is 3. The molecule has 0 aromatic heterocycles. The Balaban J connectivity index is 3.54. The molecular formula is C6H11Cl2NO2. The number of nitrogens with two attached hydrogens (primary N) is 1. The summed E-state index contributed by atoms with van der Waals surface area (Å²) >= 11 is 10.8. The Bertz CT molecular complexity index is 133. The van der Waals surface area contributed by atoms with Gasteiger partial charge in [-0.1, -0.05) is 23.2 Å². The van der Waals surface area contributed by atoms with Crippen LogP contribution in [-0.4, -0.2) is 23.5 Å². The lowest BCUT2D eigenvalue weighted by atomic mass is 10.4. The van der Waals surface area contributed by atoms with E-state index in [1.807, 2.05) is 0 Å². The molecule has 2 N–H and O–H groups in total. The zero-order chi connectivity index (χ0) is 8.91. The van der Waals surface area contributed by atoms with Crippen molar-refractivity contribution < 1.29 is 9.53 Å². The molecule has 11 heavy (non-hydrogen) atoms. The molecule has 0 rings (SSSR count). The van der Waals surface area contributed by atoms with Crippen LogP contribution in [0.2, 0.25) is 0 Å². The Morgan fingerprint density at radius 1 is 1.64 bits per heavy atom. The molecule has 0 aliphatic carbocycles. The summed E-state index contributed by atoms with van der Waals surface area (Å²) in [6, 6.07) is 0. The van der Waals surface area contributed by atoms with Crippen LogP contribution in [0.1, 0.15) is 13.3 Å². The number of rotatable bonds is 4. The van der Waals surface area contributed by atoms with Crippen molar-refractivity contribution in [2.45, 2.75) is 17.7 Å². The fourth-order valence-corrected chi connectivity index (χ4v) is 0.484. The highest BCUT2D eigenvalue weighted by atomic mass is 35.5. The van der Waals surface area contributed by atoms with Crippen molar-refractivity contribution in [2.24, 2.45) is 5.73 Å². The first-order valence-corrected chi connectivity index (χ1v) is 3.99. The summed E-state index contributed by atoms with van der Waals surface area (Å²) in [7, 11) is 0. The van der Waals surface area contributed by atoms with E-state index in [1.54, 1.807) is 0 Å². The predicted octanol–water partition coefficient (Wildman–Crippen LogP) is 1.07. The highest BCUT2D eigenvalue weighted by Gasteiger charge is 2.28. The van der Waals surface area contributed by atoms with E-state index in [4.69, 9.17) is 28.9 Å². The van der Waals surface area contributed by atoms with Gasteiger partial charge in [0.25, 0.3) is 0 Å². The standard InChI is InChI=1S/C6H11Cl2NO2/c1-6(7,8)5(10)11-4-2-3-9/h2-4,9H2,1H3. The summed E-state index contributed by atoms with van der Waals surface area (Å²) < 4.78 is 3.21. The average molecular weight is 200 g/mol. The van der Waals surface area contributed by atoms with E-state index >= 15 is 0 Å². The monoisotopic (exact) mass is 199 g/mol. The molecule has 0 unspecified atom stereocenters. The van der Waals surface area contributed by atoms with E-state index in [0.29, 0.717) is 13.0 Å². The Labute approximate surface area is 75.8 Å². The highest BCUT2D eigenvalue weighted by Crippen LogP contribution is 2.20. The van der Waals surface area contributed by atoms with E-state index < -0.39 is 10.3 Å². The van der Waals surface area contributed by atoms with E-state index in [-0.39, 0.29) is 6.61 Å². The third-order valence-electron chi connectivity index (χ3n) is 0.940. The number of carbonyl (C=O) groups excluding carboxylic acids is 1. The van der Waals surface area contributed by atoms with Gasteiger partial charge in [0.2, 0.25) is 4.33 Å². The molecule has 0 fully saturated rings. The maximum Gasteiger partial charge on any atom is 0.342 e. The molecule has 66 valence electrons. The Morgan fingerprint density at radius 2 is 2.18 bits per heavy atom. The van der Waals surface area contributed by atoms with Crippen LogP contribution >= 0.6 is 23.2 Å². The molecule has 0 radical (unpaired) electrons. The van der Waals surface area contributed by atoms with Crippen LogP contribution < -0.4 is 5.73 Å². The van der Waals surface area contributed by atoms with Gasteiger partial charge in [-0.05, 0) is 19.9 Å². The van der Waals surface area contributed by atoms with Crippen molar-refractivity contribution in [3.63, 3.8) is 0 Å².